The van der Waals surface area contributed by atoms with Gasteiger partial charge in [0.05, 0.1) is 12.2 Å². The average molecular weight is 328 g/mol. The number of likely N-dealkylation sites (tertiary alicyclic amines) is 1. The molecule has 0 spiro atoms. The molecule has 2 heterocycles. The maximum absolute atomic E-state index is 6.52. The van der Waals surface area contributed by atoms with E-state index in [0.29, 0.717) is 12.5 Å². The van der Waals surface area contributed by atoms with Crippen molar-refractivity contribution < 1.29 is 4.74 Å². The first-order chi connectivity index (χ1) is 11.1. The van der Waals surface area contributed by atoms with Crippen LogP contribution in [0.5, 0.6) is 0 Å². The second-order valence-electron chi connectivity index (χ2n) is 7.07. The summed E-state index contributed by atoms with van der Waals surface area (Å²) in [6, 6.07) is 15.1. The summed E-state index contributed by atoms with van der Waals surface area (Å²) in [4.78, 5) is 2.50. The Bertz CT molecular complexity index is 730. The molecule has 0 amide bonds. The molecule has 4 rings (SSSR count). The van der Waals surface area contributed by atoms with Gasteiger partial charge in [0.25, 0.3) is 0 Å². The molecule has 2 aliphatic heterocycles. The van der Waals surface area contributed by atoms with Crippen molar-refractivity contribution in [1.82, 2.24) is 4.90 Å². The molecule has 0 radical (unpaired) electrons. The second kappa shape index (κ2) is 5.62. The first-order valence-corrected chi connectivity index (χ1v) is 8.63. The molecule has 1 saturated heterocycles. The molecule has 0 N–H and O–H groups in total. The number of nitrogens with zero attached hydrogens (tertiary/aromatic N) is 1. The van der Waals surface area contributed by atoms with Gasteiger partial charge in [-0.25, -0.2) is 0 Å². The van der Waals surface area contributed by atoms with Crippen LogP contribution in [0.15, 0.2) is 42.5 Å². The minimum atomic E-state index is -0.111. The maximum atomic E-state index is 6.52. The lowest BCUT2D eigenvalue weighted by Gasteiger charge is -2.37. The highest BCUT2D eigenvalue weighted by molar-refractivity contribution is 6.32. The van der Waals surface area contributed by atoms with E-state index in [4.69, 9.17) is 16.3 Å². The van der Waals surface area contributed by atoms with Gasteiger partial charge >= 0.3 is 0 Å². The lowest BCUT2D eigenvalue weighted by molar-refractivity contribution is -0.0567. The van der Waals surface area contributed by atoms with Gasteiger partial charge < -0.3 is 4.74 Å². The van der Waals surface area contributed by atoms with Crippen LogP contribution in [0.2, 0.25) is 5.02 Å². The van der Waals surface area contributed by atoms with E-state index in [1.54, 1.807) is 0 Å². The van der Waals surface area contributed by atoms with E-state index in [1.165, 1.54) is 16.7 Å². The lowest BCUT2D eigenvalue weighted by atomic mass is 9.81. The van der Waals surface area contributed by atoms with Crippen molar-refractivity contribution in [3.8, 4) is 0 Å². The van der Waals surface area contributed by atoms with Crippen molar-refractivity contribution in [3.63, 3.8) is 0 Å². The molecule has 2 nitrogen and oxygen atoms in total. The van der Waals surface area contributed by atoms with Crippen LogP contribution < -0.4 is 0 Å². The molecule has 0 unspecified atom stereocenters. The zero-order valence-corrected chi connectivity index (χ0v) is 14.4. The van der Waals surface area contributed by atoms with E-state index in [1.807, 2.05) is 0 Å². The van der Waals surface area contributed by atoms with E-state index in [9.17, 15) is 0 Å². The summed E-state index contributed by atoms with van der Waals surface area (Å²) in [5.74, 6) is 0.396. The third-order valence-electron chi connectivity index (χ3n) is 5.36. The molecule has 0 aromatic heterocycles. The quantitative estimate of drug-likeness (QED) is 0.803. The molecule has 0 bridgehead atoms. The van der Waals surface area contributed by atoms with E-state index in [2.05, 4.69) is 61.2 Å². The number of fused-ring (bicyclic) bond motifs is 3. The minimum Gasteiger partial charge on any atom is -0.369 e. The highest BCUT2D eigenvalue weighted by Gasteiger charge is 2.48. The van der Waals surface area contributed by atoms with Gasteiger partial charge in [0.15, 0.2) is 0 Å². The number of hydrogen-bond acceptors (Lipinski definition) is 2. The van der Waals surface area contributed by atoms with Crippen LogP contribution in [-0.4, -0.2) is 23.6 Å². The summed E-state index contributed by atoms with van der Waals surface area (Å²) in [7, 11) is 0. The first kappa shape index (κ1) is 15.2. The van der Waals surface area contributed by atoms with Gasteiger partial charge in [-0.2, -0.15) is 0 Å². The number of halogens is 1. The van der Waals surface area contributed by atoms with Crippen molar-refractivity contribution in [2.75, 3.05) is 13.1 Å². The van der Waals surface area contributed by atoms with Crippen molar-refractivity contribution >= 4 is 11.6 Å². The topological polar surface area (TPSA) is 12.5 Å². The van der Waals surface area contributed by atoms with Gasteiger partial charge in [0.2, 0.25) is 0 Å². The normalized spacial score (nSPS) is 26.8. The molecule has 23 heavy (non-hydrogen) atoms. The van der Waals surface area contributed by atoms with E-state index in [0.717, 1.165) is 30.2 Å². The van der Waals surface area contributed by atoms with Gasteiger partial charge in [-0.3, -0.25) is 4.90 Å². The Morgan fingerprint density at radius 1 is 1.22 bits per heavy atom. The maximum Gasteiger partial charge on any atom is 0.0866 e. The summed E-state index contributed by atoms with van der Waals surface area (Å²) in [6.45, 7) is 7.91. The van der Waals surface area contributed by atoms with Crippen LogP contribution in [-0.2, 0) is 17.9 Å². The third-order valence-corrected chi connectivity index (χ3v) is 5.88. The smallest absolute Gasteiger partial charge is 0.0866 e. The van der Waals surface area contributed by atoms with Crippen LogP contribution in [0.1, 0.15) is 35.1 Å². The van der Waals surface area contributed by atoms with Crippen LogP contribution in [0, 0.1) is 6.92 Å². The van der Waals surface area contributed by atoms with E-state index < -0.39 is 0 Å². The van der Waals surface area contributed by atoms with Crippen LogP contribution >= 0.6 is 11.6 Å². The Labute approximate surface area is 143 Å². The zero-order chi connectivity index (χ0) is 16.0. The molecule has 2 aromatic rings. The van der Waals surface area contributed by atoms with Gasteiger partial charge in [-0.1, -0.05) is 54.1 Å². The molecule has 2 aliphatic rings. The fourth-order valence-electron chi connectivity index (χ4n) is 4.07. The van der Waals surface area contributed by atoms with Crippen molar-refractivity contribution in [3.05, 3.63) is 69.7 Å². The number of benzene rings is 2. The van der Waals surface area contributed by atoms with Gasteiger partial charge in [0.1, 0.15) is 0 Å². The number of rotatable bonds is 2. The summed E-state index contributed by atoms with van der Waals surface area (Å²) < 4.78 is 6.29. The van der Waals surface area contributed by atoms with Crippen molar-refractivity contribution in [2.24, 2.45) is 0 Å². The molecule has 2 atom stereocenters. The molecule has 2 aromatic carbocycles. The van der Waals surface area contributed by atoms with Gasteiger partial charge in [0, 0.05) is 36.1 Å². The summed E-state index contributed by atoms with van der Waals surface area (Å²) in [5.41, 5.74) is 4.95. The van der Waals surface area contributed by atoms with Crippen LogP contribution in [0.25, 0.3) is 0 Å². The molecule has 120 valence electrons. The molecular formula is C20H22ClNO. The van der Waals surface area contributed by atoms with Gasteiger partial charge in [-0.15, -0.1) is 0 Å². The fourth-order valence-corrected chi connectivity index (χ4v) is 4.30. The molecule has 0 saturated carbocycles. The van der Waals surface area contributed by atoms with E-state index in [-0.39, 0.29) is 5.60 Å². The summed E-state index contributed by atoms with van der Waals surface area (Å²) >= 11 is 6.52. The predicted octanol–water partition coefficient (Wildman–Crippen LogP) is 4.54. The molecule has 0 aliphatic carbocycles. The highest BCUT2D eigenvalue weighted by Crippen LogP contribution is 2.46. The predicted molar refractivity (Wildman–Crippen MR) is 93.8 cm³/mol. The van der Waals surface area contributed by atoms with Crippen molar-refractivity contribution in [1.29, 1.82) is 0 Å². The second-order valence-corrected chi connectivity index (χ2v) is 7.45. The lowest BCUT2D eigenvalue weighted by Crippen LogP contribution is -2.40. The highest BCUT2D eigenvalue weighted by atomic mass is 35.5. The Balaban J connectivity index is 1.63. The Hall–Kier alpha value is -1.35. The van der Waals surface area contributed by atoms with E-state index >= 15 is 0 Å². The van der Waals surface area contributed by atoms with Crippen LogP contribution in [0.3, 0.4) is 0 Å². The number of ether oxygens (including phenoxy) is 1. The first-order valence-electron chi connectivity index (χ1n) is 8.25. The summed E-state index contributed by atoms with van der Waals surface area (Å²) in [5, 5.41) is 0.881. The standard InChI is InChI=1S/C20H22ClNO/c1-14-8-9-16-17(19(14)21)12-23-20(2)13-22(11-18(16)20)10-15-6-4-3-5-7-15/h3-9,18H,10-13H2,1-2H3/t18-,20-/m0/s1. The Morgan fingerprint density at radius 2 is 2.00 bits per heavy atom. The average Bonchev–Trinajstić information content (AvgIpc) is 2.88. The molecule has 1 fully saturated rings. The number of aryl methyl sites for hydroxylation is 1. The molecular weight excluding hydrogens is 306 g/mol. The minimum absolute atomic E-state index is 0.111. The Morgan fingerprint density at radius 3 is 2.78 bits per heavy atom. The SMILES string of the molecule is Cc1ccc2c(c1Cl)CO[C@@]1(C)CN(Cc3ccccc3)C[C@@H]21. The number of hydrogen-bond donors (Lipinski definition) is 0. The third kappa shape index (κ3) is 2.59. The molecule has 3 heteroatoms. The summed E-state index contributed by atoms with van der Waals surface area (Å²) in [6.07, 6.45) is 0. The largest absolute Gasteiger partial charge is 0.369 e. The monoisotopic (exact) mass is 327 g/mol. The fraction of sp³-hybridized carbons (Fsp3) is 0.400. The van der Waals surface area contributed by atoms with Crippen LogP contribution in [0.4, 0.5) is 0 Å². The zero-order valence-electron chi connectivity index (χ0n) is 13.7. The van der Waals surface area contributed by atoms with Crippen molar-refractivity contribution in [2.45, 2.75) is 38.5 Å². The Kier molecular flexibility index (Phi) is 3.72. The van der Waals surface area contributed by atoms with Gasteiger partial charge in [-0.05, 0) is 30.5 Å².